The van der Waals surface area contributed by atoms with Crippen molar-refractivity contribution in [3.8, 4) is 5.75 Å². The summed E-state index contributed by atoms with van der Waals surface area (Å²) in [5.74, 6) is 0.404. The Morgan fingerprint density at radius 1 is 1.30 bits per heavy atom. The van der Waals surface area contributed by atoms with Crippen LogP contribution < -0.4 is 4.74 Å². The van der Waals surface area contributed by atoms with Gasteiger partial charge >= 0.3 is 5.97 Å². The molecule has 136 valence electrons. The zero-order chi connectivity index (χ0) is 18.8. The molecular weight excluding hydrogens is 362 g/mol. The van der Waals surface area contributed by atoms with Gasteiger partial charge in [0.15, 0.2) is 5.16 Å². The van der Waals surface area contributed by atoms with E-state index in [0.29, 0.717) is 18.1 Å². The van der Waals surface area contributed by atoms with Crippen molar-refractivity contribution >= 4 is 23.3 Å². The molecule has 7 heteroatoms. The lowest BCUT2D eigenvalue weighted by Gasteiger charge is -2.11. The van der Waals surface area contributed by atoms with Crippen molar-refractivity contribution in [1.82, 2.24) is 14.8 Å². The van der Waals surface area contributed by atoms with E-state index in [1.807, 2.05) is 35.9 Å². The summed E-state index contributed by atoms with van der Waals surface area (Å²) >= 11 is 1.57. The predicted molar refractivity (Wildman–Crippen MR) is 103 cm³/mol. The van der Waals surface area contributed by atoms with Gasteiger partial charge in [-0.15, -0.1) is 10.2 Å². The highest BCUT2D eigenvalue weighted by atomic mass is 32.2. The van der Waals surface area contributed by atoms with Crippen molar-refractivity contribution in [2.24, 2.45) is 7.05 Å². The van der Waals surface area contributed by atoms with Gasteiger partial charge in [0.25, 0.3) is 0 Å². The Hall–Kier alpha value is -3.06. The number of fused-ring (bicyclic) bond motifs is 2. The lowest BCUT2D eigenvalue weighted by Crippen LogP contribution is -1.99. The minimum atomic E-state index is -0.955. The number of nitrogens with zero attached hydrogens (tertiary/aromatic N) is 3. The molecule has 0 fully saturated rings. The second kappa shape index (κ2) is 7.28. The van der Waals surface area contributed by atoms with Crippen LogP contribution in [0.15, 0.2) is 60.0 Å². The van der Waals surface area contributed by atoms with Gasteiger partial charge in [-0.1, -0.05) is 42.1 Å². The first-order chi connectivity index (χ1) is 13.1. The number of benzene rings is 2. The highest BCUT2D eigenvalue weighted by molar-refractivity contribution is 7.99. The molecule has 0 saturated heterocycles. The second-order valence-electron chi connectivity index (χ2n) is 6.12. The molecule has 1 N–H and O–H groups in total. The minimum absolute atomic E-state index is 0.239. The Labute approximate surface area is 160 Å². The largest absolute Gasteiger partial charge is 0.488 e. The van der Waals surface area contributed by atoms with E-state index in [-0.39, 0.29) is 5.56 Å². The zero-order valence-corrected chi connectivity index (χ0v) is 15.4. The first kappa shape index (κ1) is 17.4. The van der Waals surface area contributed by atoms with Crippen LogP contribution in [0.2, 0.25) is 0 Å². The third-order valence-corrected chi connectivity index (χ3v) is 5.34. The molecule has 27 heavy (non-hydrogen) atoms. The summed E-state index contributed by atoms with van der Waals surface area (Å²) in [4.78, 5) is 11.4. The number of carboxylic acids is 1. The lowest BCUT2D eigenvalue weighted by atomic mass is 9.93. The summed E-state index contributed by atoms with van der Waals surface area (Å²) < 4.78 is 7.81. The number of aryl methyl sites for hydroxylation is 1. The number of aromatic carboxylic acids is 1. The van der Waals surface area contributed by atoms with Gasteiger partial charge in [-0.2, -0.15) is 0 Å². The summed E-state index contributed by atoms with van der Waals surface area (Å²) in [5, 5.41) is 18.2. The summed E-state index contributed by atoms with van der Waals surface area (Å²) in [7, 11) is 1.90. The van der Waals surface area contributed by atoms with Crippen molar-refractivity contribution in [2.75, 3.05) is 5.75 Å². The maximum absolute atomic E-state index is 11.4. The molecule has 1 aromatic heterocycles. The van der Waals surface area contributed by atoms with Crippen LogP contribution in [-0.2, 0) is 13.7 Å². The lowest BCUT2D eigenvalue weighted by molar-refractivity contribution is 0.0697. The molecule has 0 atom stereocenters. The van der Waals surface area contributed by atoms with Gasteiger partial charge in [-0.25, -0.2) is 4.79 Å². The van der Waals surface area contributed by atoms with Crippen LogP contribution in [-0.4, -0.2) is 31.6 Å². The molecule has 0 amide bonds. The molecule has 6 nitrogen and oxygen atoms in total. The third kappa shape index (κ3) is 3.46. The first-order valence-electron chi connectivity index (χ1n) is 8.39. The first-order valence-corrected chi connectivity index (χ1v) is 9.38. The standard InChI is InChI=1S/C20H17N3O3S/c1-23-12-21-22-20(23)27-9-8-16-15-5-3-2-4-14(15)11-26-18-7-6-13(19(24)25)10-17(16)18/h2-8,10,12H,9,11H2,1H3,(H,24,25)/b16-8+. The quantitative estimate of drug-likeness (QED) is 0.698. The number of carboxylic acid groups (broad SMARTS) is 1. The van der Waals surface area contributed by atoms with Gasteiger partial charge in [-0.05, 0) is 34.9 Å². The van der Waals surface area contributed by atoms with Crippen LogP contribution in [0, 0.1) is 0 Å². The van der Waals surface area contributed by atoms with E-state index >= 15 is 0 Å². The van der Waals surface area contributed by atoms with E-state index in [1.165, 1.54) is 0 Å². The molecule has 1 aliphatic rings. The molecule has 0 spiro atoms. The SMILES string of the molecule is Cn1cnnc1SC/C=C1\c2ccccc2COc2ccc(C(=O)O)cc21. The van der Waals surface area contributed by atoms with E-state index in [0.717, 1.165) is 27.4 Å². The zero-order valence-electron chi connectivity index (χ0n) is 14.6. The number of thioether (sulfide) groups is 1. The normalized spacial score (nSPS) is 14.2. The topological polar surface area (TPSA) is 77.2 Å². The van der Waals surface area contributed by atoms with E-state index in [2.05, 4.69) is 16.3 Å². The number of hydrogen-bond acceptors (Lipinski definition) is 5. The van der Waals surface area contributed by atoms with Crippen molar-refractivity contribution < 1.29 is 14.6 Å². The highest BCUT2D eigenvalue weighted by Crippen LogP contribution is 2.37. The van der Waals surface area contributed by atoms with Crippen LogP contribution in [0.25, 0.3) is 5.57 Å². The van der Waals surface area contributed by atoms with Gasteiger partial charge in [-0.3, -0.25) is 0 Å². The van der Waals surface area contributed by atoms with Crippen molar-refractivity contribution in [1.29, 1.82) is 0 Å². The highest BCUT2D eigenvalue weighted by Gasteiger charge is 2.20. The summed E-state index contributed by atoms with van der Waals surface area (Å²) in [6.45, 7) is 0.448. The van der Waals surface area contributed by atoms with E-state index < -0.39 is 5.97 Å². The summed E-state index contributed by atoms with van der Waals surface area (Å²) in [5.41, 5.74) is 4.12. The Balaban J connectivity index is 1.78. The van der Waals surface area contributed by atoms with Gasteiger partial charge < -0.3 is 14.4 Å². The molecule has 0 bridgehead atoms. The molecule has 0 saturated carbocycles. The molecule has 4 rings (SSSR count). The Morgan fingerprint density at radius 3 is 2.93 bits per heavy atom. The van der Waals surface area contributed by atoms with Gasteiger partial charge in [0, 0.05) is 18.4 Å². The van der Waals surface area contributed by atoms with E-state index in [9.17, 15) is 9.90 Å². The van der Waals surface area contributed by atoms with Crippen LogP contribution in [0.3, 0.4) is 0 Å². The van der Waals surface area contributed by atoms with E-state index in [4.69, 9.17) is 4.74 Å². The van der Waals surface area contributed by atoms with Crippen LogP contribution in [0.4, 0.5) is 0 Å². The van der Waals surface area contributed by atoms with Crippen molar-refractivity contribution in [3.05, 3.63) is 77.1 Å². The minimum Gasteiger partial charge on any atom is -0.488 e. The van der Waals surface area contributed by atoms with Crippen LogP contribution in [0.5, 0.6) is 5.75 Å². The fourth-order valence-corrected chi connectivity index (χ4v) is 3.79. The van der Waals surface area contributed by atoms with Gasteiger partial charge in [0.1, 0.15) is 18.7 Å². The molecule has 3 aromatic rings. The van der Waals surface area contributed by atoms with Crippen molar-refractivity contribution in [2.45, 2.75) is 11.8 Å². The monoisotopic (exact) mass is 379 g/mol. The average molecular weight is 379 g/mol. The van der Waals surface area contributed by atoms with Gasteiger partial charge in [0.2, 0.25) is 0 Å². The Kier molecular flexibility index (Phi) is 4.68. The average Bonchev–Trinajstić information content (AvgIpc) is 3.01. The smallest absolute Gasteiger partial charge is 0.335 e. The number of ether oxygens (including phenoxy) is 1. The molecule has 2 aromatic carbocycles. The number of carbonyl (C=O) groups is 1. The van der Waals surface area contributed by atoms with Crippen LogP contribution in [0.1, 0.15) is 27.0 Å². The maximum Gasteiger partial charge on any atom is 0.335 e. The molecule has 1 aliphatic heterocycles. The maximum atomic E-state index is 11.4. The third-order valence-electron chi connectivity index (χ3n) is 4.38. The number of rotatable bonds is 4. The van der Waals surface area contributed by atoms with E-state index in [1.54, 1.807) is 36.3 Å². The second-order valence-corrected chi connectivity index (χ2v) is 7.10. The van der Waals surface area contributed by atoms with Crippen LogP contribution >= 0.6 is 11.8 Å². The number of hydrogen-bond donors (Lipinski definition) is 1. The van der Waals surface area contributed by atoms with Gasteiger partial charge in [0.05, 0.1) is 5.56 Å². The fraction of sp³-hybridized carbons (Fsp3) is 0.150. The predicted octanol–water partition coefficient (Wildman–Crippen LogP) is 3.63. The molecule has 2 heterocycles. The molecule has 0 unspecified atom stereocenters. The summed E-state index contributed by atoms with van der Waals surface area (Å²) in [6, 6.07) is 13.0. The Bertz CT molecular complexity index is 1040. The fourth-order valence-electron chi connectivity index (χ4n) is 3.03. The Morgan fingerprint density at radius 2 is 2.15 bits per heavy atom. The molecule has 0 aliphatic carbocycles. The molecule has 0 radical (unpaired) electrons. The van der Waals surface area contributed by atoms with Crippen molar-refractivity contribution in [3.63, 3.8) is 0 Å². The molecular formula is C20H17N3O3S. The number of aromatic nitrogens is 3. The summed E-state index contributed by atoms with van der Waals surface area (Å²) in [6.07, 6.45) is 3.76.